The average Bonchev–Trinajstić information content (AvgIpc) is 3.59. The Morgan fingerprint density at radius 2 is 2.00 bits per heavy atom. The zero-order chi connectivity index (χ0) is 26.6. The Kier molecular flexibility index (Phi) is 6.06. The molecule has 3 N–H and O–H groups in total. The van der Waals surface area contributed by atoms with Crippen molar-refractivity contribution in [3.63, 3.8) is 0 Å². The molecule has 0 saturated carbocycles. The molecule has 2 atom stereocenters. The molecule has 8 nitrogen and oxygen atoms in total. The van der Waals surface area contributed by atoms with Crippen LogP contribution in [0.25, 0.3) is 33.5 Å². The Hall–Kier alpha value is -3.59. The predicted molar refractivity (Wildman–Crippen MR) is 152 cm³/mol. The van der Waals surface area contributed by atoms with E-state index in [1.165, 1.54) is 11.1 Å². The van der Waals surface area contributed by atoms with Gasteiger partial charge in [0.05, 0.1) is 33.9 Å². The van der Waals surface area contributed by atoms with Gasteiger partial charge in [-0.2, -0.15) is 5.10 Å². The van der Waals surface area contributed by atoms with Crippen molar-refractivity contribution in [2.24, 2.45) is 18.2 Å². The highest BCUT2D eigenvalue weighted by Crippen LogP contribution is 2.49. The predicted octanol–water partition coefficient (Wildman–Crippen LogP) is 5.54. The normalized spacial score (nSPS) is 19.9. The summed E-state index contributed by atoms with van der Waals surface area (Å²) in [4.78, 5) is 27.8. The van der Waals surface area contributed by atoms with Gasteiger partial charge in [0, 0.05) is 36.0 Å². The number of nitrogens with two attached hydrogens (primary N) is 1. The van der Waals surface area contributed by atoms with Crippen molar-refractivity contribution in [2.45, 2.75) is 57.9 Å². The van der Waals surface area contributed by atoms with Crippen LogP contribution in [0.5, 0.6) is 0 Å². The van der Waals surface area contributed by atoms with Gasteiger partial charge in [-0.25, -0.2) is 9.97 Å². The lowest BCUT2D eigenvalue weighted by Gasteiger charge is -2.40. The summed E-state index contributed by atoms with van der Waals surface area (Å²) >= 11 is 1.60. The first-order valence-electron chi connectivity index (χ1n) is 13.1. The monoisotopic (exact) mass is 527 g/mol. The summed E-state index contributed by atoms with van der Waals surface area (Å²) in [6.07, 6.45) is 11.8. The average molecular weight is 528 g/mol. The number of amides is 1. The van der Waals surface area contributed by atoms with E-state index in [-0.39, 0.29) is 22.7 Å². The van der Waals surface area contributed by atoms with Crippen LogP contribution in [-0.4, -0.2) is 40.9 Å². The van der Waals surface area contributed by atoms with E-state index in [4.69, 9.17) is 10.7 Å². The molecule has 0 fully saturated rings. The number of aromatic nitrogens is 5. The fourth-order valence-corrected chi connectivity index (χ4v) is 6.93. The Morgan fingerprint density at radius 1 is 1.16 bits per heavy atom. The number of hydrogen-bond acceptors (Lipinski definition) is 6. The molecule has 9 heteroatoms. The maximum atomic E-state index is 12.1. The topological polar surface area (TPSA) is 106 Å². The highest BCUT2D eigenvalue weighted by Gasteiger charge is 2.40. The number of benzene rings is 1. The molecule has 1 aromatic carbocycles. The highest BCUT2D eigenvalue weighted by atomic mass is 32.2. The summed E-state index contributed by atoms with van der Waals surface area (Å²) in [6.45, 7) is 6.69. The van der Waals surface area contributed by atoms with E-state index in [0.717, 1.165) is 59.2 Å². The maximum Gasteiger partial charge on any atom is 0.256 e. The lowest BCUT2D eigenvalue weighted by molar-refractivity contribution is -0.113. The van der Waals surface area contributed by atoms with Gasteiger partial charge < -0.3 is 15.6 Å². The summed E-state index contributed by atoms with van der Waals surface area (Å²) in [5.41, 5.74) is 13.2. The molecule has 0 radical (unpaired) electrons. The van der Waals surface area contributed by atoms with E-state index in [1.807, 2.05) is 25.6 Å². The minimum Gasteiger partial charge on any atom is -0.365 e. The number of nitrogens with zero attached hydrogens (tertiary/aromatic N) is 5. The van der Waals surface area contributed by atoms with Crippen LogP contribution in [0.4, 0.5) is 0 Å². The Morgan fingerprint density at radius 3 is 2.74 bits per heavy atom. The van der Waals surface area contributed by atoms with E-state index in [2.05, 4.69) is 65.0 Å². The third-order valence-corrected chi connectivity index (χ3v) is 9.24. The lowest BCUT2D eigenvalue weighted by atomic mass is 9.91. The summed E-state index contributed by atoms with van der Waals surface area (Å²) in [5, 5.41) is 5.44. The zero-order valence-corrected chi connectivity index (χ0v) is 23.0. The van der Waals surface area contributed by atoms with E-state index < -0.39 is 0 Å². The number of primary amides is 1. The summed E-state index contributed by atoms with van der Waals surface area (Å²) in [5.74, 6) is -0.346. The van der Waals surface area contributed by atoms with Crippen molar-refractivity contribution in [2.75, 3.05) is 0 Å². The van der Waals surface area contributed by atoms with Crippen molar-refractivity contribution in [3.8, 4) is 22.5 Å². The van der Waals surface area contributed by atoms with Crippen molar-refractivity contribution < 1.29 is 4.79 Å². The number of hydrogen-bond donors (Lipinski definition) is 2. The molecule has 4 aromatic rings. The van der Waals surface area contributed by atoms with Gasteiger partial charge in [0.25, 0.3) is 5.91 Å². The number of nitrogens with one attached hydrogen (secondary N) is 1. The molecule has 0 bridgehead atoms. The van der Waals surface area contributed by atoms with E-state index >= 15 is 0 Å². The third-order valence-electron chi connectivity index (χ3n) is 7.51. The number of carbonyl (C=O) groups excluding carboxylic acids is 1. The minimum absolute atomic E-state index is 0.0163. The van der Waals surface area contributed by atoms with Crippen LogP contribution in [0, 0.1) is 5.41 Å². The molecule has 4 heterocycles. The number of H-pyrrole nitrogens is 1. The largest absolute Gasteiger partial charge is 0.365 e. The third kappa shape index (κ3) is 4.38. The summed E-state index contributed by atoms with van der Waals surface area (Å²) < 4.78 is 1.79. The quantitative estimate of drug-likeness (QED) is 0.338. The van der Waals surface area contributed by atoms with E-state index in [1.54, 1.807) is 22.8 Å². The van der Waals surface area contributed by atoms with Crippen LogP contribution >= 0.6 is 11.8 Å². The molecule has 2 unspecified atom stereocenters. The smallest absolute Gasteiger partial charge is 0.256 e. The first-order chi connectivity index (χ1) is 18.2. The molecule has 6 rings (SSSR count). The second kappa shape index (κ2) is 9.31. The maximum absolute atomic E-state index is 12.1. The number of carbonyl (C=O) groups is 1. The zero-order valence-electron chi connectivity index (χ0n) is 22.2. The first kappa shape index (κ1) is 24.7. The standard InChI is InChI=1S/C29H33N7OS/c1-29(2,3)28-36(15-24(38-28)26(30)37)23-8-6-5-7-17-11-18(9-10-20(17)23)25-21-12-22(19-13-33-35(4)14-19)34-27(21)32-16-31-25/h9-16,23,28H,5-8H2,1-4H3,(H2,30,37)(H,31,32,34). The SMILES string of the molecule is Cn1cc(-c2cc3c(-c4ccc5c(c4)CCCCC5N4C=C(C(N)=O)SC4C(C)(C)C)ncnc3[nH]2)cn1. The Bertz CT molecular complexity index is 1560. The van der Waals surface area contributed by atoms with Crippen LogP contribution in [0.15, 0.2) is 54.1 Å². The van der Waals surface area contributed by atoms with Gasteiger partial charge in [-0.05, 0) is 47.9 Å². The summed E-state index contributed by atoms with van der Waals surface area (Å²) in [6, 6.07) is 9.07. The molecule has 1 aliphatic carbocycles. The number of rotatable bonds is 4. The van der Waals surface area contributed by atoms with Crippen LogP contribution in [0.2, 0.25) is 0 Å². The summed E-state index contributed by atoms with van der Waals surface area (Å²) in [7, 11) is 1.91. The second-order valence-corrected chi connectivity index (χ2v) is 12.5. The number of aromatic amines is 1. The van der Waals surface area contributed by atoms with Crippen molar-refractivity contribution in [1.29, 1.82) is 0 Å². The van der Waals surface area contributed by atoms with Crippen molar-refractivity contribution >= 4 is 28.7 Å². The van der Waals surface area contributed by atoms with E-state index in [0.29, 0.717) is 4.91 Å². The van der Waals surface area contributed by atoms with Gasteiger partial charge in [-0.3, -0.25) is 9.48 Å². The molecular weight excluding hydrogens is 494 g/mol. The van der Waals surface area contributed by atoms with Crippen LogP contribution < -0.4 is 5.73 Å². The molecule has 1 aliphatic heterocycles. The van der Waals surface area contributed by atoms with Gasteiger partial charge in [-0.15, -0.1) is 0 Å². The molecule has 1 amide bonds. The van der Waals surface area contributed by atoms with E-state index in [9.17, 15) is 4.79 Å². The van der Waals surface area contributed by atoms with Gasteiger partial charge >= 0.3 is 0 Å². The second-order valence-electron chi connectivity index (χ2n) is 11.4. The Labute approximate surface area is 226 Å². The first-order valence-corrected chi connectivity index (χ1v) is 14.0. The fraction of sp³-hybridized carbons (Fsp3) is 0.379. The fourth-order valence-electron chi connectivity index (χ4n) is 5.71. The van der Waals surface area contributed by atoms with Crippen molar-refractivity contribution in [3.05, 3.63) is 65.2 Å². The number of aryl methyl sites for hydroxylation is 2. The van der Waals surface area contributed by atoms with Crippen LogP contribution in [-0.2, 0) is 18.3 Å². The van der Waals surface area contributed by atoms with Crippen molar-refractivity contribution in [1.82, 2.24) is 29.6 Å². The molecule has 196 valence electrons. The molecule has 3 aromatic heterocycles. The van der Waals surface area contributed by atoms with Gasteiger partial charge in [0.15, 0.2) is 0 Å². The Balaban J connectivity index is 1.40. The molecule has 38 heavy (non-hydrogen) atoms. The van der Waals surface area contributed by atoms with Gasteiger partial charge in [-0.1, -0.05) is 51.1 Å². The van der Waals surface area contributed by atoms with Gasteiger partial charge in [0.2, 0.25) is 0 Å². The highest BCUT2D eigenvalue weighted by molar-refractivity contribution is 8.04. The van der Waals surface area contributed by atoms with Gasteiger partial charge in [0.1, 0.15) is 12.0 Å². The molecule has 0 saturated heterocycles. The minimum atomic E-state index is -0.346. The lowest BCUT2D eigenvalue weighted by Crippen LogP contribution is -2.38. The van der Waals surface area contributed by atoms with Crippen LogP contribution in [0.3, 0.4) is 0 Å². The molecule has 0 spiro atoms. The number of fused-ring (bicyclic) bond motifs is 2. The molecular formula is C29H33N7OS. The number of thioether (sulfide) groups is 1. The van der Waals surface area contributed by atoms with Crippen LogP contribution in [0.1, 0.15) is 57.2 Å². The molecule has 2 aliphatic rings.